The van der Waals surface area contributed by atoms with Crippen LogP contribution in [0.3, 0.4) is 0 Å². The molecule has 0 saturated heterocycles. The highest BCUT2D eigenvalue weighted by atomic mass is 32.1. The fraction of sp³-hybridized carbons (Fsp3) is 0.364. The number of carbonyl (C=O) groups is 1. The highest BCUT2D eigenvalue weighted by Gasteiger charge is 2.23. The normalized spacial score (nSPS) is 11.4. The van der Waals surface area contributed by atoms with E-state index in [-0.39, 0.29) is 11.5 Å². The Morgan fingerprint density at radius 2 is 1.76 bits per heavy atom. The van der Waals surface area contributed by atoms with Gasteiger partial charge in [0, 0.05) is 18.7 Å². The van der Waals surface area contributed by atoms with E-state index < -0.39 is 11.6 Å². The SMILES string of the molecule is CCN(CC)CCN(C(=O)c1ccc(F)c(F)c1)c1nc2cc(C)cc(C)c2s1. The van der Waals surface area contributed by atoms with Gasteiger partial charge in [0.25, 0.3) is 5.91 Å². The average Bonchev–Trinajstić information content (AvgIpc) is 3.11. The molecule has 154 valence electrons. The van der Waals surface area contributed by atoms with Crippen molar-refractivity contribution >= 4 is 32.6 Å². The molecule has 0 radical (unpaired) electrons. The monoisotopic (exact) mass is 417 g/mol. The summed E-state index contributed by atoms with van der Waals surface area (Å²) in [6, 6.07) is 7.32. The van der Waals surface area contributed by atoms with E-state index in [0.29, 0.717) is 18.2 Å². The maximum Gasteiger partial charge on any atom is 0.260 e. The Kier molecular flexibility index (Phi) is 6.59. The van der Waals surface area contributed by atoms with Crippen molar-refractivity contribution in [3.8, 4) is 0 Å². The number of anilines is 1. The predicted octanol–water partition coefficient (Wildman–Crippen LogP) is 5.18. The van der Waals surface area contributed by atoms with Crippen LogP contribution < -0.4 is 4.90 Å². The van der Waals surface area contributed by atoms with E-state index in [1.807, 2.05) is 19.9 Å². The number of thiazole rings is 1. The van der Waals surface area contributed by atoms with E-state index in [2.05, 4.69) is 29.8 Å². The first-order chi connectivity index (χ1) is 13.8. The van der Waals surface area contributed by atoms with E-state index in [4.69, 9.17) is 0 Å². The van der Waals surface area contributed by atoms with Gasteiger partial charge in [-0.2, -0.15) is 0 Å². The van der Waals surface area contributed by atoms with Crippen LogP contribution in [0, 0.1) is 25.5 Å². The molecule has 0 N–H and O–H groups in total. The van der Waals surface area contributed by atoms with Crippen molar-refractivity contribution in [2.45, 2.75) is 27.7 Å². The van der Waals surface area contributed by atoms with Gasteiger partial charge < -0.3 is 4.90 Å². The molecule has 0 aliphatic carbocycles. The van der Waals surface area contributed by atoms with Crippen molar-refractivity contribution < 1.29 is 13.6 Å². The number of likely N-dealkylation sites (N-methyl/N-ethyl adjacent to an activating group) is 1. The van der Waals surface area contributed by atoms with Crippen LogP contribution >= 0.6 is 11.3 Å². The summed E-state index contributed by atoms with van der Waals surface area (Å²) < 4.78 is 28.1. The number of nitrogens with zero attached hydrogens (tertiary/aromatic N) is 3. The Morgan fingerprint density at radius 3 is 2.41 bits per heavy atom. The van der Waals surface area contributed by atoms with E-state index >= 15 is 0 Å². The highest BCUT2D eigenvalue weighted by Crippen LogP contribution is 2.33. The Morgan fingerprint density at radius 1 is 1.03 bits per heavy atom. The van der Waals surface area contributed by atoms with E-state index in [0.717, 1.165) is 46.6 Å². The van der Waals surface area contributed by atoms with Gasteiger partial charge in [-0.1, -0.05) is 31.3 Å². The van der Waals surface area contributed by atoms with Crippen LogP contribution in [-0.2, 0) is 0 Å². The van der Waals surface area contributed by atoms with E-state index in [1.165, 1.54) is 17.4 Å². The van der Waals surface area contributed by atoms with Crippen molar-refractivity contribution in [3.63, 3.8) is 0 Å². The molecule has 0 atom stereocenters. The lowest BCUT2D eigenvalue weighted by molar-refractivity contribution is 0.0983. The quantitative estimate of drug-likeness (QED) is 0.531. The zero-order chi connectivity index (χ0) is 21.1. The Bertz CT molecular complexity index is 1030. The number of carbonyl (C=O) groups excluding carboxylic acids is 1. The number of aromatic nitrogens is 1. The largest absolute Gasteiger partial charge is 0.302 e. The minimum atomic E-state index is -1.03. The molecule has 29 heavy (non-hydrogen) atoms. The second-order valence-electron chi connectivity index (χ2n) is 7.04. The number of amides is 1. The van der Waals surface area contributed by atoms with Crippen molar-refractivity contribution in [2.24, 2.45) is 0 Å². The molecule has 1 heterocycles. The molecule has 0 fully saturated rings. The molecule has 2 aromatic carbocycles. The van der Waals surface area contributed by atoms with Gasteiger partial charge >= 0.3 is 0 Å². The summed E-state index contributed by atoms with van der Waals surface area (Å²) in [5, 5.41) is 0.565. The van der Waals surface area contributed by atoms with Gasteiger partial charge in [0.05, 0.1) is 10.2 Å². The van der Waals surface area contributed by atoms with Crippen LogP contribution in [0.4, 0.5) is 13.9 Å². The van der Waals surface area contributed by atoms with Gasteiger partial charge in [0.2, 0.25) is 0 Å². The lowest BCUT2D eigenvalue weighted by Gasteiger charge is -2.24. The molecule has 3 rings (SSSR count). The standard InChI is InChI=1S/C22H25F2N3OS/c1-5-26(6-2)9-10-27(21(28)16-7-8-17(23)18(24)13-16)22-25-19-12-14(3)11-15(4)20(19)29-22/h7-8,11-13H,5-6,9-10H2,1-4H3. The van der Waals surface area contributed by atoms with Gasteiger partial charge in [-0.15, -0.1) is 0 Å². The van der Waals surface area contributed by atoms with Crippen LogP contribution in [-0.4, -0.2) is 42.0 Å². The summed E-state index contributed by atoms with van der Waals surface area (Å²) in [6.07, 6.45) is 0. The van der Waals surface area contributed by atoms with E-state index in [9.17, 15) is 13.6 Å². The van der Waals surface area contributed by atoms with Crippen LogP contribution in [0.15, 0.2) is 30.3 Å². The predicted molar refractivity (Wildman–Crippen MR) is 115 cm³/mol. The first-order valence-electron chi connectivity index (χ1n) is 9.71. The smallest absolute Gasteiger partial charge is 0.260 e. The Labute approximate surface area is 173 Å². The molecule has 0 aliphatic rings. The minimum absolute atomic E-state index is 0.107. The summed E-state index contributed by atoms with van der Waals surface area (Å²) in [6.45, 7) is 11.0. The first-order valence-corrected chi connectivity index (χ1v) is 10.5. The molecule has 0 aliphatic heterocycles. The molecule has 0 saturated carbocycles. The lowest BCUT2D eigenvalue weighted by atomic mass is 10.1. The number of fused-ring (bicyclic) bond motifs is 1. The zero-order valence-corrected chi connectivity index (χ0v) is 17.9. The molecule has 1 amide bonds. The van der Waals surface area contributed by atoms with Crippen molar-refractivity contribution in [1.82, 2.24) is 9.88 Å². The summed E-state index contributed by atoms with van der Waals surface area (Å²) in [4.78, 5) is 21.7. The van der Waals surface area contributed by atoms with Crippen molar-refractivity contribution in [2.75, 3.05) is 31.1 Å². The zero-order valence-electron chi connectivity index (χ0n) is 17.1. The Balaban J connectivity index is 2.01. The number of aryl methyl sites for hydroxylation is 2. The fourth-order valence-electron chi connectivity index (χ4n) is 3.33. The summed E-state index contributed by atoms with van der Waals surface area (Å²) in [5.41, 5.74) is 3.16. The van der Waals surface area contributed by atoms with Crippen LogP contribution in [0.1, 0.15) is 35.3 Å². The first kappa shape index (κ1) is 21.3. The van der Waals surface area contributed by atoms with Crippen molar-refractivity contribution in [1.29, 1.82) is 0 Å². The lowest BCUT2D eigenvalue weighted by Crippen LogP contribution is -2.39. The van der Waals surface area contributed by atoms with E-state index in [1.54, 1.807) is 4.90 Å². The van der Waals surface area contributed by atoms with Crippen LogP contribution in [0.25, 0.3) is 10.2 Å². The molecule has 0 unspecified atom stereocenters. The third-order valence-corrected chi connectivity index (χ3v) is 6.22. The number of hydrogen-bond acceptors (Lipinski definition) is 4. The highest BCUT2D eigenvalue weighted by molar-refractivity contribution is 7.22. The van der Waals surface area contributed by atoms with Crippen LogP contribution in [0.2, 0.25) is 0 Å². The number of rotatable bonds is 7. The number of halogens is 2. The maximum absolute atomic E-state index is 13.7. The second-order valence-corrected chi connectivity index (χ2v) is 8.02. The minimum Gasteiger partial charge on any atom is -0.302 e. The van der Waals surface area contributed by atoms with Gasteiger partial charge in [0.15, 0.2) is 16.8 Å². The molecule has 0 spiro atoms. The second kappa shape index (κ2) is 8.97. The molecule has 3 aromatic rings. The Hall–Kier alpha value is -2.38. The maximum atomic E-state index is 13.7. The number of benzene rings is 2. The third kappa shape index (κ3) is 4.62. The third-order valence-electron chi connectivity index (χ3n) is 4.99. The summed E-state index contributed by atoms with van der Waals surface area (Å²) >= 11 is 1.45. The average molecular weight is 418 g/mol. The molecule has 7 heteroatoms. The molecule has 1 aromatic heterocycles. The van der Waals surface area contributed by atoms with Gasteiger partial charge in [-0.05, 0) is 62.3 Å². The summed E-state index contributed by atoms with van der Waals surface area (Å²) in [5.74, 6) is -2.39. The van der Waals surface area contributed by atoms with Gasteiger partial charge in [-0.3, -0.25) is 9.69 Å². The summed E-state index contributed by atoms with van der Waals surface area (Å²) in [7, 11) is 0. The van der Waals surface area contributed by atoms with Crippen molar-refractivity contribution in [3.05, 3.63) is 58.7 Å². The fourth-order valence-corrected chi connectivity index (χ4v) is 4.37. The van der Waals surface area contributed by atoms with Gasteiger partial charge in [-0.25, -0.2) is 13.8 Å². The molecule has 0 bridgehead atoms. The topological polar surface area (TPSA) is 36.4 Å². The van der Waals surface area contributed by atoms with Crippen LogP contribution in [0.5, 0.6) is 0 Å². The van der Waals surface area contributed by atoms with Gasteiger partial charge in [0.1, 0.15) is 0 Å². The molecule has 4 nitrogen and oxygen atoms in total. The number of hydrogen-bond donors (Lipinski definition) is 0. The molecular formula is C22H25F2N3OS. The molecular weight excluding hydrogens is 392 g/mol.